The maximum absolute atomic E-state index is 17.4. The van der Waals surface area contributed by atoms with Crippen LogP contribution in [0.2, 0.25) is 5.02 Å². The molecule has 0 radical (unpaired) electrons. The lowest BCUT2D eigenvalue weighted by Gasteiger charge is -2.45. The third-order valence-electron chi connectivity index (χ3n) is 8.72. The van der Waals surface area contributed by atoms with Crippen LogP contribution in [0.25, 0.3) is 27.7 Å². The first kappa shape index (κ1) is 31.4. The van der Waals surface area contributed by atoms with Gasteiger partial charge in [0.25, 0.3) is 0 Å². The van der Waals surface area contributed by atoms with Crippen LogP contribution >= 0.6 is 11.6 Å². The summed E-state index contributed by atoms with van der Waals surface area (Å²) in [5, 5.41) is 14.1. The molecule has 2 aliphatic heterocycles. The van der Waals surface area contributed by atoms with Gasteiger partial charge in [-0.1, -0.05) is 51.9 Å². The number of benzene rings is 2. The van der Waals surface area contributed by atoms with Gasteiger partial charge in [-0.25, -0.2) is 23.5 Å². The molecule has 2 aromatic carbocycles. The predicted octanol–water partition coefficient (Wildman–Crippen LogP) is 5.74. The zero-order valence-corrected chi connectivity index (χ0v) is 26.9. The van der Waals surface area contributed by atoms with E-state index in [2.05, 4.69) is 26.8 Å². The maximum Gasteiger partial charge on any atom is 0.354 e. The molecule has 2 unspecified atom stereocenters. The molecule has 46 heavy (non-hydrogen) atoms. The van der Waals surface area contributed by atoms with Crippen molar-refractivity contribution in [1.82, 2.24) is 24.4 Å². The molecule has 0 bridgehead atoms. The first-order valence-corrected chi connectivity index (χ1v) is 15.5. The third-order valence-corrected chi connectivity index (χ3v) is 9.09. The van der Waals surface area contributed by atoms with E-state index >= 15 is 8.78 Å². The number of aromatic nitrogens is 4. The summed E-state index contributed by atoms with van der Waals surface area (Å²) in [6.07, 6.45) is 2.67. The number of halogens is 3. The Morgan fingerprint density at radius 3 is 2.41 bits per heavy atom. The molecular weight excluding hydrogens is 616 g/mol. The van der Waals surface area contributed by atoms with Gasteiger partial charge in [0.15, 0.2) is 5.82 Å². The van der Waals surface area contributed by atoms with Crippen LogP contribution in [0.1, 0.15) is 57.8 Å². The number of anilines is 2. The number of phenols is 1. The molecule has 0 spiro atoms. The summed E-state index contributed by atoms with van der Waals surface area (Å²) in [6, 6.07) is 2.95. The molecule has 4 heterocycles. The number of rotatable bonds is 5. The predicted molar refractivity (Wildman–Crippen MR) is 174 cm³/mol. The molecule has 0 aliphatic carbocycles. The molecule has 6 rings (SSSR count). The fourth-order valence-electron chi connectivity index (χ4n) is 6.56. The summed E-state index contributed by atoms with van der Waals surface area (Å²) in [6.45, 7) is 13.9. The Hall–Kier alpha value is -4.58. The summed E-state index contributed by atoms with van der Waals surface area (Å²) >= 11 is 6.96. The minimum absolute atomic E-state index is 0.179. The fourth-order valence-corrected chi connectivity index (χ4v) is 6.89. The molecule has 1 fully saturated rings. The van der Waals surface area contributed by atoms with Gasteiger partial charge in [-0.15, -0.1) is 0 Å². The number of hydrogen-bond donors (Lipinski definition) is 2. The first-order valence-electron chi connectivity index (χ1n) is 15.1. The number of phenolic OH excluding ortho intramolecular Hbond substituents is 1. The lowest BCUT2D eigenvalue weighted by Crippen LogP contribution is -2.60. The molecule has 4 aromatic rings. The van der Waals surface area contributed by atoms with E-state index < -0.39 is 34.2 Å². The van der Waals surface area contributed by atoms with Crippen molar-refractivity contribution in [2.75, 3.05) is 29.9 Å². The van der Waals surface area contributed by atoms with Crippen molar-refractivity contribution in [3.8, 4) is 22.6 Å². The van der Waals surface area contributed by atoms with Crippen LogP contribution in [0.5, 0.6) is 5.75 Å². The molecule has 1 saturated heterocycles. The molecule has 240 valence electrons. The number of nitrogens with zero attached hydrogens (tertiary/aromatic N) is 6. The topological polar surface area (TPSA) is 116 Å². The minimum atomic E-state index is -1.02. The van der Waals surface area contributed by atoms with Crippen LogP contribution in [0.4, 0.5) is 20.3 Å². The highest BCUT2D eigenvalue weighted by Gasteiger charge is 2.40. The number of piperazine rings is 1. The lowest BCUT2D eigenvalue weighted by atomic mass is 9.97. The molecule has 10 nitrogen and oxygen atoms in total. The van der Waals surface area contributed by atoms with E-state index in [4.69, 9.17) is 11.6 Å². The van der Waals surface area contributed by atoms with E-state index in [1.165, 1.54) is 24.5 Å². The van der Waals surface area contributed by atoms with E-state index in [1.54, 1.807) is 4.90 Å². The van der Waals surface area contributed by atoms with Crippen molar-refractivity contribution in [1.29, 1.82) is 0 Å². The second-order valence-electron chi connectivity index (χ2n) is 12.3. The van der Waals surface area contributed by atoms with Crippen LogP contribution in [0.15, 0.2) is 42.0 Å². The Morgan fingerprint density at radius 2 is 1.80 bits per heavy atom. The van der Waals surface area contributed by atoms with Crippen molar-refractivity contribution in [2.24, 2.45) is 0 Å². The Balaban J connectivity index is 1.79. The summed E-state index contributed by atoms with van der Waals surface area (Å²) in [7, 11) is 0. The number of hydrogen-bond acceptors (Lipinski definition) is 8. The van der Waals surface area contributed by atoms with Gasteiger partial charge in [-0.3, -0.25) is 9.36 Å². The van der Waals surface area contributed by atoms with Gasteiger partial charge in [-0.05, 0) is 37.0 Å². The summed E-state index contributed by atoms with van der Waals surface area (Å²) in [5.74, 6) is -2.90. The van der Waals surface area contributed by atoms with Crippen LogP contribution in [0, 0.1) is 11.6 Å². The lowest BCUT2D eigenvalue weighted by molar-refractivity contribution is -0.128. The first-order chi connectivity index (χ1) is 21.9. The van der Waals surface area contributed by atoms with Gasteiger partial charge >= 0.3 is 5.69 Å². The monoisotopic (exact) mass is 649 g/mol. The average molecular weight is 650 g/mol. The normalized spacial score (nSPS) is 17.7. The molecule has 13 heteroatoms. The van der Waals surface area contributed by atoms with Crippen LogP contribution < -0.4 is 15.9 Å². The van der Waals surface area contributed by atoms with Gasteiger partial charge in [-0.2, -0.15) is 4.98 Å². The number of carbonyl (C=O) groups excluding carboxylic acids is 1. The van der Waals surface area contributed by atoms with Gasteiger partial charge in [0.1, 0.15) is 29.2 Å². The summed E-state index contributed by atoms with van der Waals surface area (Å²) < 4.78 is 34.0. The van der Waals surface area contributed by atoms with E-state index in [9.17, 15) is 14.7 Å². The van der Waals surface area contributed by atoms with Gasteiger partial charge in [0.2, 0.25) is 5.91 Å². The maximum atomic E-state index is 17.4. The highest BCUT2D eigenvalue weighted by Crippen LogP contribution is 2.49. The number of fused-ring (bicyclic) bond motifs is 2. The molecule has 2 atom stereocenters. The second-order valence-corrected chi connectivity index (χ2v) is 12.7. The molecule has 0 saturated carbocycles. The van der Waals surface area contributed by atoms with Crippen molar-refractivity contribution in [3.05, 3.63) is 75.7 Å². The highest BCUT2D eigenvalue weighted by molar-refractivity contribution is 6.38. The van der Waals surface area contributed by atoms with Gasteiger partial charge in [0.05, 0.1) is 44.8 Å². The van der Waals surface area contributed by atoms with Crippen molar-refractivity contribution in [2.45, 2.75) is 58.5 Å². The number of nitrogens with one attached hydrogen (secondary N) is 1. The molecular formula is C33H34ClF2N7O3. The number of carbonyl (C=O) groups is 1. The van der Waals surface area contributed by atoms with E-state index in [0.29, 0.717) is 11.4 Å². The zero-order chi connectivity index (χ0) is 33.2. The average Bonchev–Trinajstić information content (AvgIpc) is 3.16. The second kappa shape index (κ2) is 11.7. The van der Waals surface area contributed by atoms with E-state index in [0.717, 1.165) is 10.6 Å². The number of amides is 1. The summed E-state index contributed by atoms with van der Waals surface area (Å²) in [5.41, 5.74) is -0.387. The minimum Gasteiger partial charge on any atom is -0.507 e. The molecule has 2 aliphatic rings. The molecule has 1 amide bonds. The molecule has 2 N–H and O–H groups in total. The van der Waals surface area contributed by atoms with Gasteiger partial charge < -0.3 is 20.2 Å². The van der Waals surface area contributed by atoms with Crippen LogP contribution in [0.3, 0.4) is 0 Å². The van der Waals surface area contributed by atoms with Crippen molar-refractivity contribution >= 4 is 39.9 Å². The SMILES string of the molecule is C=CC(=O)N1CC2CNc3c(Cl)c(-c4c(O)cccc4F)c(F)c4c3c(nc(=O)n4-c3c(C(C)C)ncnc3C(C)C)N2CC1C. The number of aromatic hydroxyl groups is 1. The van der Waals surface area contributed by atoms with Crippen molar-refractivity contribution < 1.29 is 18.7 Å². The zero-order valence-electron chi connectivity index (χ0n) is 26.1. The smallest absolute Gasteiger partial charge is 0.354 e. The summed E-state index contributed by atoms with van der Waals surface area (Å²) in [4.78, 5) is 44.2. The Bertz CT molecular complexity index is 1930. The highest BCUT2D eigenvalue weighted by atomic mass is 35.5. The quantitative estimate of drug-likeness (QED) is 0.263. The Labute approximate surface area is 269 Å². The van der Waals surface area contributed by atoms with Crippen LogP contribution in [-0.4, -0.2) is 67.2 Å². The fraction of sp³-hybridized carbons (Fsp3) is 0.364. The largest absolute Gasteiger partial charge is 0.507 e. The van der Waals surface area contributed by atoms with Crippen molar-refractivity contribution in [3.63, 3.8) is 0 Å². The third kappa shape index (κ3) is 4.77. The molecule has 2 aromatic heterocycles. The van der Waals surface area contributed by atoms with Crippen LogP contribution in [-0.2, 0) is 4.79 Å². The van der Waals surface area contributed by atoms with Gasteiger partial charge in [0, 0.05) is 31.2 Å². The Kier molecular flexibility index (Phi) is 7.95. The standard InChI is InChI=1S/C33H34ClF2N7O3/c1-7-21(45)41-13-18-11-37-29-24-30(26(36)23(25(29)34)22-19(35)9-8-10-20(22)44)43(33(46)40-32(24)42(18)12-17(41)6)31-27(15(2)3)38-14-39-28(31)16(4)5/h7-10,14-18,37,44H,1,11-13H2,2-6H3. The van der Waals surface area contributed by atoms with E-state index in [1.807, 2.05) is 39.5 Å². The Morgan fingerprint density at radius 1 is 1.13 bits per heavy atom. The van der Waals surface area contributed by atoms with E-state index in [-0.39, 0.29) is 82.6 Å².